The topological polar surface area (TPSA) is 51.2 Å². The number of para-hydroxylation sites is 1. The average molecular weight is 345 g/mol. The predicted molar refractivity (Wildman–Crippen MR) is 92.8 cm³/mol. The molecule has 0 atom stereocenters. The second-order valence-corrected chi connectivity index (χ2v) is 6.07. The van der Waals surface area contributed by atoms with Crippen LogP contribution in [0.4, 0.5) is 5.13 Å². The maximum absolute atomic E-state index is 12.1. The van der Waals surface area contributed by atoms with Crippen molar-refractivity contribution in [1.29, 1.82) is 0 Å². The van der Waals surface area contributed by atoms with Crippen molar-refractivity contribution in [2.24, 2.45) is 0 Å². The van der Waals surface area contributed by atoms with Crippen molar-refractivity contribution in [3.63, 3.8) is 0 Å². The highest BCUT2D eigenvalue weighted by Crippen LogP contribution is 2.29. The van der Waals surface area contributed by atoms with Crippen molar-refractivity contribution < 1.29 is 9.53 Å². The Hall–Kier alpha value is -2.37. The number of anilines is 1. The van der Waals surface area contributed by atoms with Gasteiger partial charge in [-0.05, 0) is 43.3 Å². The molecule has 0 fully saturated rings. The number of hydrogen-bond donors (Lipinski definition) is 1. The molecule has 0 saturated carbocycles. The van der Waals surface area contributed by atoms with Gasteiger partial charge < -0.3 is 4.74 Å². The fourth-order valence-electron chi connectivity index (χ4n) is 1.91. The summed E-state index contributed by atoms with van der Waals surface area (Å²) < 4.78 is 5.69. The van der Waals surface area contributed by atoms with Gasteiger partial charge in [0.1, 0.15) is 11.5 Å². The third-order valence-electron chi connectivity index (χ3n) is 3.02. The molecule has 1 amide bonds. The maximum atomic E-state index is 12.1. The van der Waals surface area contributed by atoms with Crippen molar-refractivity contribution >= 4 is 34.0 Å². The van der Waals surface area contributed by atoms with E-state index in [0.29, 0.717) is 27.2 Å². The number of aryl methyl sites for hydroxylation is 1. The number of hydrogen-bond acceptors (Lipinski definition) is 4. The van der Waals surface area contributed by atoms with Gasteiger partial charge in [0.05, 0.1) is 10.7 Å². The van der Waals surface area contributed by atoms with Crippen LogP contribution in [-0.4, -0.2) is 10.9 Å². The summed E-state index contributed by atoms with van der Waals surface area (Å²) >= 11 is 7.45. The zero-order valence-corrected chi connectivity index (χ0v) is 13.8. The number of aromatic nitrogens is 1. The molecular formula is C17H13ClN2O2S. The first-order valence-electron chi connectivity index (χ1n) is 6.88. The van der Waals surface area contributed by atoms with E-state index in [-0.39, 0.29) is 5.91 Å². The van der Waals surface area contributed by atoms with Gasteiger partial charge in [-0.1, -0.05) is 23.7 Å². The zero-order chi connectivity index (χ0) is 16.2. The van der Waals surface area contributed by atoms with Crippen LogP contribution < -0.4 is 10.1 Å². The van der Waals surface area contributed by atoms with Gasteiger partial charge in [0.15, 0.2) is 5.13 Å². The summed E-state index contributed by atoms with van der Waals surface area (Å²) in [4.78, 5) is 16.3. The van der Waals surface area contributed by atoms with Gasteiger partial charge in [0, 0.05) is 10.9 Å². The quantitative estimate of drug-likeness (QED) is 0.712. The fourth-order valence-corrected chi connectivity index (χ4v) is 2.77. The number of carbonyl (C=O) groups is 1. The number of ether oxygens (including phenoxy) is 1. The van der Waals surface area contributed by atoms with E-state index < -0.39 is 0 Å². The molecule has 1 N–H and O–H groups in total. The number of carbonyl (C=O) groups excluding carboxylic acids is 1. The highest BCUT2D eigenvalue weighted by Gasteiger charge is 2.09. The molecule has 0 unspecified atom stereocenters. The second-order valence-electron chi connectivity index (χ2n) is 4.81. The Labute approximate surface area is 142 Å². The lowest BCUT2D eigenvalue weighted by Crippen LogP contribution is -2.11. The number of amides is 1. The summed E-state index contributed by atoms with van der Waals surface area (Å²) in [5.41, 5.74) is 1.41. The summed E-state index contributed by atoms with van der Waals surface area (Å²) in [5.74, 6) is 0.980. The third kappa shape index (κ3) is 3.88. The van der Waals surface area contributed by atoms with Gasteiger partial charge in [-0.3, -0.25) is 10.1 Å². The molecule has 2 aromatic carbocycles. The zero-order valence-electron chi connectivity index (χ0n) is 12.2. The molecule has 1 aromatic heterocycles. The number of benzene rings is 2. The minimum atomic E-state index is -0.205. The molecule has 1 heterocycles. The van der Waals surface area contributed by atoms with Crippen LogP contribution >= 0.6 is 22.9 Å². The molecule has 3 rings (SSSR count). The summed E-state index contributed by atoms with van der Waals surface area (Å²) in [5, 5.41) is 5.77. The Kier molecular flexibility index (Phi) is 4.60. The van der Waals surface area contributed by atoms with Crippen LogP contribution in [0.2, 0.25) is 5.02 Å². The van der Waals surface area contributed by atoms with Crippen molar-refractivity contribution in [1.82, 2.24) is 4.98 Å². The Morgan fingerprint density at radius 3 is 2.57 bits per heavy atom. The number of nitrogens with zero attached hydrogens (tertiary/aromatic N) is 1. The SMILES string of the molecule is Cc1csc(NC(=O)c2ccc(Oc3ccccc3Cl)cc2)n1. The van der Waals surface area contributed by atoms with Gasteiger partial charge in [-0.15, -0.1) is 11.3 Å². The molecule has 0 bridgehead atoms. The smallest absolute Gasteiger partial charge is 0.257 e. The van der Waals surface area contributed by atoms with Crippen LogP contribution in [0, 0.1) is 6.92 Å². The lowest BCUT2D eigenvalue weighted by Gasteiger charge is -2.08. The normalized spacial score (nSPS) is 10.3. The number of rotatable bonds is 4. The summed E-state index contributed by atoms with van der Waals surface area (Å²) in [6.45, 7) is 1.88. The molecule has 0 spiro atoms. The van der Waals surface area contributed by atoms with Crippen LogP contribution in [0.25, 0.3) is 0 Å². The average Bonchev–Trinajstić information content (AvgIpc) is 2.95. The minimum absolute atomic E-state index is 0.205. The predicted octanol–water partition coefficient (Wildman–Crippen LogP) is 5.15. The summed E-state index contributed by atoms with van der Waals surface area (Å²) in [7, 11) is 0. The van der Waals surface area contributed by atoms with E-state index in [2.05, 4.69) is 10.3 Å². The van der Waals surface area contributed by atoms with E-state index >= 15 is 0 Å². The lowest BCUT2D eigenvalue weighted by molar-refractivity contribution is 0.102. The number of nitrogens with one attached hydrogen (secondary N) is 1. The molecule has 0 radical (unpaired) electrons. The van der Waals surface area contributed by atoms with E-state index in [9.17, 15) is 4.79 Å². The molecule has 0 aliphatic carbocycles. The third-order valence-corrected chi connectivity index (χ3v) is 4.21. The molecule has 116 valence electrons. The van der Waals surface area contributed by atoms with Crippen molar-refractivity contribution in [3.05, 3.63) is 70.2 Å². The molecule has 0 aliphatic heterocycles. The molecule has 23 heavy (non-hydrogen) atoms. The fraction of sp³-hybridized carbons (Fsp3) is 0.0588. The van der Waals surface area contributed by atoms with Gasteiger partial charge in [-0.25, -0.2) is 4.98 Å². The van der Waals surface area contributed by atoms with E-state index in [4.69, 9.17) is 16.3 Å². The largest absolute Gasteiger partial charge is 0.456 e. The molecule has 3 aromatic rings. The molecule has 0 saturated heterocycles. The van der Waals surface area contributed by atoms with Crippen molar-refractivity contribution in [2.75, 3.05) is 5.32 Å². The van der Waals surface area contributed by atoms with Gasteiger partial charge in [0.2, 0.25) is 0 Å². The summed E-state index contributed by atoms with van der Waals surface area (Å²) in [6.07, 6.45) is 0. The van der Waals surface area contributed by atoms with Crippen LogP contribution in [0.5, 0.6) is 11.5 Å². The first-order valence-corrected chi connectivity index (χ1v) is 8.13. The Morgan fingerprint density at radius 1 is 1.17 bits per heavy atom. The Morgan fingerprint density at radius 2 is 1.91 bits per heavy atom. The lowest BCUT2D eigenvalue weighted by atomic mass is 10.2. The first-order chi connectivity index (χ1) is 11.1. The molecule has 6 heteroatoms. The van der Waals surface area contributed by atoms with E-state index in [1.54, 1.807) is 36.4 Å². The number of thiazole rings is 1. The second kappa shape index (κ2) is 6.81. The van der Waals surface area contributed by atoms with E-state index in [1.165, 1.54) is 11.3 Å². The molecule has 4 nitrogen and oxygen atoms in total. The maximum Gasteiger partial charge on any atom is 0.257 e. The van der Waals surface area contributed by atoms with E-state index in [1.807, 2.05) is 24.4 Å². The highest BCUT2D eigenvalue weighted by molar-refractivity contribution is 7.13. The van der Waals surface area contributed by atoms with Crippen LogP contribution in [0.3, 0.4) is 0 Å². The van der Waals surface area contributed by atoms with Gasteiger partial charge >= 0.3 is 0 Å². The van der Waals surface area contributed by atoms with Crippen molar-refractivity contribution in [2.45, 2.75) is 6.92 Å². The van der Waals surface area contributed by atoms with Crippen LogP contribution in [0.15, 0.2) is 53.9 Å². The van der Waals surface area contributed by atoms with Crippen LogP contribution in [-0.2, 0) is 0 Å². The molecular weight excluding hydrogens is 332 g/mol. The Bertz CT molecular complexity index is 831. The number of halogens is 1. The van der Waals surface area contributed by atoms with Crippen molar-refractivity contribution in [3.8, 4) is 11.5 Å². The summed E-state index contributed by atoms with van der Waals surface area (Å²) in [6, 6.07) is 14.1. The highest BCUT2D eigenvalue weighted by atomic mass is 35.5. The monoisotopic (exact) mass is 344 g/mol. The standard InChI is InChI=1S/C17H13ClN2O2S/c1-11-10-23-17(19-11)20-16(21)12-6-8-13(9-7-12)22-15-5-3-2-4-14(15)18/h2-10H,1H3,(H,19,20,21). The molecule has 0 aliphatic rings. The van der Waals surface area contributed by atoms with Gasteiger partial charge in [-0.2, -0.15) is 0 Å². The Balaban J connectivity index is 1.69. The minimum Gasteiger partial charge on any atom is -0.456 e. The first kappa shape index (κ1) is 15.5. The van der Waals surface area contributed by atoms with E-state index in [0.717, 1.165) is 5.69 Å². The van der Waals surface area contributed by atoms with Crippen LogP contribution in [0.1, 0.15) is 16.1 Å². The van der Waals surface area contributed by atoms with Gasteiger partial charge in [0.25, 0.3) is 5.91 Å².